The highest BCUT2D eigenvalue weighted by atomic mass is 16.4. The number of carboxylic acid groups (broad SMARTS) is 1. The lowest BCUT2D eigenvalue weighted by molar-refractivity contribution is 0.0697. The Morgan fingerprint density at radius 3 is 2.73 bits per heavy atom. The molecule has 15 heavy (non-hydrogen) atoms. The summed E-state index contributed by atoms with van der Waals surface area (Å²) < 4.78 is 0. The minimum atomic E-state index is -0.947. The molecule has 0 spiro atoms. The van der Waals surface area contributed by atoms with Crippen molar-refractivity contribution in [3.63, 3.8) is 0 Å². The molecule has 0 unspecified atom stereocenters. The number of aromatic nitrogens is 2. The minimum Gasteiger partial charge on any atom is -0.478 e. The van der Waals surface area contributed by atoms with Gasteiger partial charge in [-0.2, -0.15) is 0 Å². The van der Waals surface area contributed by atoms with Crippen molar-refractivity contribution < 1.29 is 9.90 Å². The van der Waals surface area contributed by atoms with Crippen molar-refractivity contribution in [2.75, 3.05) is 0 Å². The van der Waals surface area contributed by atoms with E-state index in [1.165, 1.54) is 12.1 Å². The Kier molecular flexibility index (Phi) is 2.15. The van der Waals surface area contributed by atoms with Crippen molar-refractivity contribution >= 4 is 30.4 Å². The van der Waals surface area contributed by atoms with Crippen molar-refractivity contribution in [1.82, 2.24) is 9.97 Å². The van der Waals surface area contributed by atoms with Gasteiger partial charge in [-0.05, 0) is 25.1 Å². The van der Waals surface area contributed by atoms with Crippen LogP contribution in [0.5, 0.6) is 0 Å². The third-order valence-corrected chi connectivity index (χ3v) is 2.32. The molecule has 2 rings (SSSR count). The van der Waals surface area contributed by atoms with Crippen LogP contribution in [0.2, 0.25) is 0 Å². The van der Waals surface area contributed by atoms with Crippen molar-refractivity contribution in [3.05, 3.63) is 29.5 Å². The quantitative estimate of drug-likeness (QED) is 0.652. The van der Waals surface area contributed by atoms with Gasteiger partial charge in [-0.25, -0.2) is 4.79 Å². The molecule has 74 valence electrons. The third-order valence-electron chi connectivity index (χ3n) is 2.32. The maximum Gasteiger partial charge on any atom is 0.335 e. The zero-order chi connectivity index (χ0) is 11.0. The van der Waals surface area contributed by atoms with Gasteiger partial charge in [0, 0.05) is 11.3 Å². The highest BCUT2D eigenvalue weighted by Gasteiger charge is 2.06. The molecule has 5 heteroatoms. The van der Waals surface area contributed by atoms with E-state index in [1.54, 1.807) is 6.07 Å². The van der Waals surface area contributed by atoms with Crippen LogP contribution in [0.3, 0.4) is 0 Å². The first-order valence-corrected chi connectivity index (χ1v) is 4.56. The van der Waals surface area contributed by atoms with Crippen molar-refractivity contribution in [2.24, 2.45) is 0 Å². The topological polar surface area (TPSA) is 63.1 Å². The summed E-state index contributed by atoms with van der Waals surface area (Å²) in [5.74, 6) is -0.947. The fourth-order valence-corrected chi connectivity index (χ4v) is 1.36. The molecule has 2 aromatic rings. The predicted octanol–water partition coefficient (Wildman–Crippen LogP) is -0.105. The van der Waals surface area contributed by atoms with Gasteiger partial charge >= 0.3 is 5.97 Å². The van der Waals surface area contributed by atoms with E-state index in [4.69, 9.17) is 5.11 Å². The molecule has 0 aliphatic carbocycles. The second-order valence-electron chi connectivity index (χ2n) is 3.40. The summed E-state index contributed by atoms with van der Waals surface area (Å²) in [5, 5.41) is 8.82. The number of nitrogens with zero attached hydrogens (tertiary/aromatic N) is 2. The number of carboxylic acids is 1. The number of hydrogen-bond donors (Lipinski definition) is 1. The Morgan fingerprint density at radius 1 is 1.33 bits per heavy atom. The summed E-state index contributed by atoms with van der Waals surface area (Å²) in [7, 11) is 1.88. The lowest BCUT2D eigenvalue weighted by Crippen LogP contribution is -2.14. The van der Waals surface area contributed by atoms with E-state index in [1.807, 2.05) is 14.8 Å². The summed E-state index contributed by atoms with van der Waals surface area (Å²) in [6, 6.07) is 4.75. The lowest BCUT2D eigenvalue weighted by atomic mass is 10.0. The van der Waals surface area contributed by atoms with E-state index in [-0.39, 0.29) is 5.56 Å². The number of hydrogen-bond acceptors (Lipinski definition) is 3. The Hall–Kier alpha value is -1.91. The van der Waals surface area contributed by atoms with E-state index in [0.29, 0.717) is 5.52 Å². The van der Waals surface area contributed by atoms with Gasteiger partial charge in [-0.3, -0.25) is 9.97 Å². The number of aryl methyl sites for hydroxylation is 1. The largest absolute Gasteiger partial charge is 0.478 e. The highest BCUT2D eigenvalue weighted by molar-refractivity contribution is 6.31. The lowest BCUT2D eigenvalue weighted by Gasteiger charge is -2.02. The smallest absolute Gasteiger partial charge is 0.335 e. The van der Waals surface area contributed by atoms with Crippen LogP contribution >= 0.6 is 0 Å². The number of benzene rings is 1. The van der Waals surface area contributed by atoms with Gasteiger partial charge in [-0.1, -0.05) is 0 Å². The van der Waals surface area contributed by atoms with Gasteiger partial charge in [0.1, 0.15) is 0 Å². The molecule has 1 aromatic heterocycles. The van der Waals surface area contributed by atoms with Crippen LogP contribution in [-0.4, -0.2) is 28.9 Å². The van der Waals surface area contributed by atoms with Gasteiger partial charge in [0.25, 0.3) is 0 Å². The second kappa shape index (κ2) is 3.35. The fraction of sp³-hybridized carbons (Fsp3) is 0.100. The van der Waals surface area contributed by atoms with Crippen LogP contribution in [0.4, 0.5) is 0 Å². The van der Waals surface area contributed by atoms with Crippen LogP contribution in [0, 0.1) is 6.92 Å². The standard InChI is InChI=1S/C10H9BN2O2/c1-5-9(11)13-7-3-2-6(10(14)15)4-8(7)12-5/h2-4H,11H2,1H3,(H,14,15). The third kappa shape index (κ3) is 1.68. The van der Waals surface area contributed by atoms with Crippen LogP contribution in [-0.2, 0) is 0 Å². The van der Waals surface area contributed by atoms with Gasteiger partial charge in [0.2, 0.25) is 0 Å². The first-order chi connectivity index (χ1) is 7.08. The Balaban J connectivity index is 2.72. The minimum absolute atomic E-state index is 0.236. The molecular weight excluding hydrogens is 191 g/mol. The van der Waals surface area contributed by atoms with E-state index in [9.17, 15) is 4.79 Å². The maximum absolute atomic E-state index is 10.7. The Morgan fingerprint density at radius 2 is 2.07 bits per heavy atom. The average molecular weight is 200 g/mol. The number of fused-ring (bicyclic) bond motifs is 1. The molecule has 0 fully saturated rings. The van der Waals surface area contributed by atoms with Gasteiger partial charge < -0.3 is 5.11 Å². The second-order valence-corrected chi connectivity index (χ2v) is 3.40. The summed E-state index contributed by atoms with van der Waals surface area (Å²) in [6.45, 7) is 1.86. The Labute approximate surface area is 87.4 Å². The first-order valence-electron chi connectivity index (χ1n) is 4.56. The summed E-state index contributed by atoms with van der Waals surface area (Å²) in [5.41, 5.74) is 3.27. The van der Waals surface area contributed by atoms with Gasteiger partial charge in [0.15, 0.2) is 7.85 Å². The monoisotopic (exact) mass is 200 g/mol. The SMILES string of the molecule is Bc1nc2ccc(C(=O)O)cc2nc1C. The first kappa shape index (κ1) is 9.64. The van der Waals surface area contributed by atoms with E-state index in [2.05, 4.69) is 9.97 Å². The van der Waals surface area contributed by atoms with E-state index >= 15 is 0 Å². The molecule has 0 saturated carbocycles. The molecule has 0 bridgehead atoms. The molecule has 0 radical (unpaired) electrons. The number of aromatic carboxylic acids is 1. The number of carbonyl (C=O) groups is 1. The highest BCUT2D eigenvalue weighted by Crippen LogP contribution is 2.11. The maximum atomic E-state index is 10.7. The van der Waals surface area contributed by atoms with Crippen LogP contribution in [0.15, 0.2) is 18.2 Å². The molecule has 0 aliphatic rings. The molecule has 0 amide bonds. The van der Waals surface area contributed by atoms with Crippen molar-refractivity contribution in [2.45, 2.75) is 6.92 Å². The number of rotatable bonds is 1. The molecule has 1 heterocycles. The molecule has 0 aliphatic heterocycles. The van der Waals surface area contributed by atoms with Crippen LogP contribution < -0.4 is 5.59 Å². The molecule has 4 nitrogen and oxygen atoms in total. The molecule has 1 aromatic carbocycles. The molecule has 1 N–H and O–H groups in total. The molecular formula is C10H9BN2O2. The van der Waals surface area contributed by atoms with Crippen LogP contribution in [0.25, 0.3) is 11.0 Å². The fourth-order valence-electron chi connectivity index (χ4n) is 1.36. The van der Waals surface area contributed by atoms with Crippen LogP contribution in [0.1, 0.15) is 16.1 Å². The molecule has 0 atom stereocenters. The average Bonchev–Trinajstić information content (AvgIpc) is 2.19. The summed E-state index contributed by atoms with van der Waals surface area (Å²) >= 11 is 0. The normalized spacial score (nSPS) is 10.5. The summed E-state index contributed by atoms with van der Waals surface area (Å²) in [4.78, 5) is 19.4. The van der Waals surface area contributed by atoms with Gasteiger partial charge in [-0.15, -0.1) is 0 Å². The van der Waals surface area contributed by atoms with Gasteiger partial charge in [0.05, 0.1) is 16.6 Å². The van der Waals surface area contributed by atoms with Crippen molar-refractivity contribution in [1.29, 1.82) is 0 Å². The zero-order valence-corrected chi connectivity index (χ0v) is 8.48. The zero-order valence-electron chi connectivity index (χ0n) is 8.48. The predicted molar refractivity (Wildman–Crippen MR) is 59.4 cm³/mol. The Bertz CT molecular complexity index is 554. The summed E-state index contributed by atoms with van der Waals surface area (Å²) in [6.07, 6.45) is 0. The molecule has 0 saturated heterocycles. The van der Waals surface area contributed by atoms with E-state index < -0.39 is 5.97 Å². The van der Waals surface area contributed by atoms with E-state index in [0.717, 1.165) is 16.8 Å². The van der Waals surface area contributed by atoms with Crippen molar-refractivity contribution in [3.8, 4) is 0 Å².